The molecule has 2 aromatic heterocycles. The summed E-state index contributed by atoms with van der Waals surface area (Å²) in [6.45, 7) is -0.420. The van der Waals surface area contributed by atoms with E-state index in [2.05, 4.69) is 15.1 Å². The summed E-state index contributed by atoms with van der Waals surface area (Å²) in [5.41, 5.74) is 5.16. The Bertz CT molecular complexity index is 1460. The lowest BCUT2D eigenvalue weighted by Gasteiger charge is -2.13. The van der Waals surface area contributed by atoms with Crippen LogP contribution in [0, 0.1) is 28.5 Å². The maximum atomic E-state index is 14.6. The van der Waals surface area contributed by atoms with Crippen LogP contribution in [-0.2, 0) is 12.7 Å². The van der Waals surface area contributed by atoms with Crippen molar-refractivity contribution in [3.8, 4) is 23.4 Å². The van der Waals surface area contributed by atoms with Crippen LogP contribution in [0.1, 0.15) is 22.3 Å². The molecule has 7 nitrogen and oxygen atoms in total. The highest BCUT2D eigenvalue weighted by Crippen LogP contribution is 2.35. The summed E-state index contributed by atoms with van der Waals surface area (Å²) in [5.74, 6) is -1.67. The smallest absolute Gasteiger partial charge is 0.368 e. The highest BCUT2D eigenvalue weighted by molar-refractivity contribution is 6.30. The van der Waals surface area contributed by atoms with Gasteiger partial charge in [-0.25, -0.2) is 14.1 Å². The van der Waals surface area contributed by atoms with Gasteiger partial charge in [0, 0.05) is 16.1 Å². The zero-order chi connectivity index (χ0) is 23.9. The molecule has 0 bridgehead atoms. The summed E-state index contributed by atoms with van der Waals surface area (Å²) in [7, 11) is 0. The monoisotopic (exact) mass is 471 g/mol. The maximum Gasteiger partial charge on any atom is 0.419 e. The predicted molar refractivity (Wildman–Crippen MR) is 110 cm³/mol. The average Bonchev–Trinajstić information content (AvgIpc) is 3.16. The van der Waals surface area contributed by atoms with Crippen molar-refractivity contribution in [1.29, 1.82) is 10.5 Å². The first-order valence-corrected chi connectivity index (χ1v) is 9.48. The Hall–Kier alpha value is -4.22. The molecule has 164 valence electrons. The topological polar surface area (TPSA) is 117 Å². The van der Waals surface area contributed by atoms with Crippen molar-refractivity contribution in [3.05, 3.63) is 69.6 Å². The van der Waals surface area contributed by atoms with Crippen LogP contribution in [0.15, 0.2) is 36.5 Å². The van der Waals surface area contributed by atoms with E-state index in [9.17, 15) is 28.1 Å². The van der Waals surface area contributed by atoms with Crippen LogP contribution in [-0.4, -0.2) is 19.7 Å². The minimum absolute atomic E-state index is 0.117. The van der Waals surface area contributed by atoms with Crippen LogP contribution >= 0.6 is 11.6 Å². The number of fused-ring (bicyclic) bond motifs is 1. The van der Waals surface area contributed by atoms with Gasteiger partial charge in [0.15, 0.2) is 5.65 Å². The van der Waals surface area contributed by atoms with Gasteiger partial charge < -0.3 is 5.73 Å². The van der Waals surface area contributed by atoms with Crippen LogP contribution in [0.3, 0.4) is 0 Å². The molecular weight excluding hydrogens is 462 g/mol. The molecule has 2 N–H and O–H groups in total. The van der Waals surface area contributed by atoms with Gasteiger partial charge in [-0.05, 0) is 30.3 Å². The number of anilines is 1. The molecule has 0 fully saturated rings. The summed E-state index contributed by atoms with van der Waals surface area (Å²) in [6, 6.07) is 9.86. The van der Waals surface area contributed by atoms with Gasteiger partial charge in [-0.1, -0.05) is 11.6 Å². The first kappa shape index (κ1) is 22.0. The fourth-order valence-corrected chi connectivity index (χ4v) is 3.57. The normalized spacial score (nSPS) is 11.4. The molecule has 2 aromatic carbocycles. The predicted octanol–water partition coefficient (Wildman–Crippen LogP) is 4.68. The van der Waals surface area contributed by atoms with E-state index in [4.69, 9.17) is 17.3 Å². The Kier molecular flexibility index (Phi) is 5.36. The van der Waals surface area contributed by atoms with Gasteiger partial charge in [0.25, 0.3) is 0 Å². The summed E-state index contributed by atoms with van der Waals surface area (Å²) in [5, 5.41) is 22.6. The molecule has 0 saturated carbocycles. The van der Waals surface area contributed by atoms with Gasteiger partial charge in [-0.2, -0.15) is 33.8 Å². The zero-order valence-electron chi connectivity index (χ0n) is 16.3. The van der Waals surface area contributed by atoms with E-state index in [1.54, 1.807) is 0 Å². The number of nitriles is 2. The van der Waals surface area contributed by atoms with Gasteiger partial charge in [-0.3, -0.25) is 0 Å². The third-order valence-corrected chi connectivity index (χ3v) is 4.93. The SMILES string of the molecule is N#Cc1cc(C#N)cc(-c2nc(N)nc3c2cnn3Cc2cc(Cl)cc(C(F)(F)F)c2F)c1. The van der Waals surface area contributed by atoms with Crippen molar-refractivity contribution in [2.24, 2.45) is 0 Å². The number of alkyl halides is 3. The molecule has 0 radical (unpaired) electrons. The van der Waals surface area contributed by atoms with E-state index in [1.807, 2.05) is 12.1 Å². The largest absolute Gasteiger partial charge is 0.419 e. The second-order valence-corrected chi connectivity index (χ2v) is 7.35. The zero-order valence-corrected chi connectivity index (χ0v) is 17.1. The highest BCUT2D eigenvalue weighted by Gasteiger charge is 2.35. The molecule has 0 saturated heterocycles. The number of benzene rings is 2. The number of nitrogen functional groups attached to an aromatic ring is 1. The summed E-state index contributed by atoms with van der Waals surface area (Å²) < 4.78 is 55.2. The van der Waals surface area contributed by atoms with Gasteiger partial charge in [0.05, 0.1) is 52.7 Å². The molecule has 2 heterocycles. The summed E-state index contributed by atoms with van der Waals surface area (Å²) >= 11 is 5.78. The average molecular weight is 472 g/mol. The molecule has 0 aliphatic carbocycles. The van der Waals surface area contributed by atoms with Crippen LogP contribution < -0.4 is 5.73 Å². The minimum Gasteiger partial charge on any atom is -0.368 e. The fourth-order valence-electron chi connectivity index (χ4n) is 3.33. The maximum absolute atomic E-state index is 14.6. The molecule has 0 spiro atoms. The standard InChI is InChI=1S/C21H10ClF4N7/c22-14-4-13(17(23)16(5-14)21(24,25)26)9-33-19-15(8-30-33)18(31-20(29)32-19)12-2-10(6-27)1-11(3-12)7-28/h1-5,8H,9H2,(H2,29,31,32). The van der Waals surface area contributed by atoms with E-state index in [0.29, 0.717) is 17.0 Å². The van der Waals surface area contributed by atoms with Crippen molar-refractivity contribution in [2.75, 3.05) is 5.73 Å². The van der Waals surface area contributed by atoms with E-state index >= 15 is 0 Å². The number of halogens is 5. The number of aromatic nitrogens is 4. The lowest BCUT2D eigenvalue weighted by atomic mass is 10.0. The molecule has 0 aliphatic rings. The lowest BCUT2D eigenvalue weighted by molar-refractivity contribution is -0.140. The molecule has 33 heavy (non-hydrogen) atoms. The Balaban J connectivity index is 1.87. The Morgan fingerprint density at radius 3 is 2.30 bits per heavy atom. The van der Waals surface area contributed by atoms with Gasteiger partial charge in [0.1, 0.15) is 5.82 Å². The van der Waals surface area contributed by atoms with Crippen LogP contribution in [0.2, 0.25) is 5.02 Å². The highest BCUT2D eigenvalue weighted by atomic mass is 35.5. The molecule has 12 heteroatoms. The van der Waals surface area contributed by atoms with Crippen molar-refractivity contribution < 1.29 is 17.6 Å². The van der Waals surface area contributed by atoms with E-state index in [1.165, 1.54) is 24.4 Å². The van der Waals surface area contributed by atoms with Crippen LogP contribution in [0.5, 0.6) is 0 Å². The van der Waals surface area contributed by atoms with E-state index < -0.39 is 24.1 Å². The Labute approximate surface area is 188 Å². The summed E-state index contributed by atoms with van der Waals surface area (Å²) in [4.78, 5) is 8.26. The second-order valence-electron chi connectivity index (χ2n) is 6.92. The van der Waals surface area contributed by atoms with Gasteiger partial charge >= 0.3 is 6.18 Å². The van der Waals surface area contributed by atoms with Gasteiger partial charge in [-0.15, -0.1) is 0 Å². The Morgan fingerprint density at radius 2 is 1.70 bits per heavy atom. The first-order chi connectivity index (χ1) is 15.6. The molecule has 0 unspecified atom stereocenters. The van der Waals surface area contributed by atoms with Gasteiger partial charge in [0.2, 0.25) is 5.95 Å². The number of nitrogens with zero attached hydrogens (tertiary/aromatic N) is 6. The Morgan fingerprint density at radius 1 is 1.03 bits per heavy atom. The molecule has 0 atom stereocenters. The number of hydrogen-bond acceptors (Lipinski definition) is 6. The number of hydrogen-bond donors (Lipinski definition) is 1. The molecule has 0 amide bonds. The second kappa shape index (κ2) is 8.04. The van der Waals surface area contributed by atoms with E-state index in [0.717, 1.165) is 10.7 Å². The number of nitrogens with two attached hydrogens (primary N) is 1. The first-order valence-electron chi connectivity index (χ1n) is 9.10. The third-order valence-electron chi connectivity index (χ3n) is 4.72. The van der Waals surface area contributed by atoms with Crippen LogP contribution in [0.25, 0.3) is 22.3 Å². The number of rotatable bonds is 3. The minimum atomic E-state index is -4.93. The summed E-state index contributed by atoms with van der Waals surface area (Å²) in [6.07, 6.45) is -3.60. The third kappa shape index (κ3) is 4.14. The molecule has 4 aromatic rings. The quantitative estimate of drug-likeness (QED) is 0.433. The molecule has 4 rings (SSSR count). The lowest BCUT2D eigenvalue weighted by Crippen LogP contribution is -2.13. The van der Waals surface area contributed by atoms with Crippen LogP contribution in [0.4, 0.5) is 23.5 Å². The molecule has 0 aliphatic heterocycles. The van der Waals surface area contributed by atoms with Crippen molar-refractivity contribution >= 4 is 28.6 Å². The van der Waals surface area contributed by atoms with Crippen molar-refractivity contribution in [1.82, 2.24) is 19.7 Å². The van der Waals surface area contributed by atoms with Crippen molar-refractivity contribution in [2.45, 2.75) is 12.7 Å². The molecular formula is C21H10ClF4N7. The van der Waals surface area contributed by atoms with Crippen molar-refractivity contribution in [3.63, 3.8) is 0 Å². The van der Waals surface area contributed by atoms with E-state index in [-0.39, 0.29) is 39.0 Å². The fraction of sp³-hybridized carbons (Fsp3) is 0.0952.